The van der Waals surface area contributed by atoms with Crippen LogP contribution in [-0.4, -0.2) is 28.2 Å². The molecular weight excluding hydrogens is 304 g/mol. The van der Waals surface area contributed by atoms with Crippen LogP contribution in [-0.2, 0) is 19.6 Å². The number of nitrogens with zero attached hydrogens (tertiary/aromatic N) is 3. The number of hydrogen-bond donors (Lipinski definition) is 1. The summed E-state index contributed by atoms with van der Waals surface area (Å²) in [5, 5.41) is 3.98. The van der Waals surface area contributed by atoms with E-state index in [1.807, 2.05) is 12.1 Å². The number of halogens is 1. The van der Waals surface area contributed by atoms with Crippen molar-refractivity contribution in [3.63, 3.8) is 0 Å². The molecule has 1 aromatic heterocycles. The highest BCUT2D eigenvalue weighted by Crippen LogP contribution is 2.29. The highest BCUT2D eigenvalue weighted by atomic mass is 35.5. The lowest BCUT2D eigenvalue weighted by Crippen LogP contribution is -2.25. The summed E-state index contributed by atoms with van der Waals surface area (Å²) in [6, 6.07) is 8.78. The van der Waals surface area contributed by atoms with Gasteiger partial charge in [0.1, 0.15) is 5.75 Å². The Hall–Kier alpha value is -1.63. The highest BCUT2D eigenvalue weighted by Gasteiger charge is 2.30. The predicted molar refractivity (Wildman–Crippen MR) is 84.7 cm³/mol. The second-order valence-electron chi connectivity index (χ2n) is 5.29. The molecule has 1 aliphatic carbocycles. The minimum Gasteiger partial charge on any atom is -0.497 e. The average Bonchev–Trinajstić information content (AvgIpc) is 3.27. The van der Waals surface area contributed by atoms with Crippen molar-refractivity contribution in [1.29, 1.82) is 0 Å². The van der Waals surface area contributed by atoms with Crippen LogP contribution in [0.2, 0.25) is 0 Å². The molecule has 0 unspecified atom stereocenters. The molecule has 2 N–H and O–H groups in total. The Kier molecular flexibility index (Phi) is 5.76. The average molecular weight is 325 g/mol. The topological polar surface area (TPSA) is 77.4 Å². The van der Waals surface area contributed by atoms with Crippen molar-refractivity contribution in [2.75, 3.05) is 7.11 Å². The fourth-order valence-corrected chi connectivity index (χ4v) is 2.34. The summed E-state index contributed by atoms with van der Waals surface area (Å²) in [4.78, 5) is 6.67. The van der Waals surface area contributed by atoms with Crippen LogP contribution < -0.4 is 10.5 Å². The van der Waals surface area contributed by atoms with E-state index in [1.54, 1.807) is 7.11 Å². The van der Waals surface area contributed by atoms with Crippen LogP contribution in [0.5, 0.6) is 5.75 Å². The third-order valence-electron chi connectivity index (χ3n) is 3.64. The molecule has 22 heavy (non-hydrogen) atoms. The Morgan fingerprint density at radius 2 is 2.00 bits per heavy atom. The molecule has 0 radical (unpaired) electrons. The van der Waals surface area contributed by atoms with Crippen LogP contribution in [0.25, 0.3) is 0 Å². The van der Waals surface area contributed by atoms with Gasteiger partial charge in [0, 0.05) is 12.6 Å². The summed E-state index contributed by atoms with van der Waals surface area (Å²) in [5.74, 6) is 2.07. The maximum Gasteiger partial charge on any atom is 0.240 e. The van der Waals surface area contributed by atoms with Crippen LogP contribution in [0.3, 0.4) is 0 Å². The maximum absolute atomic E-state index is 5.50. The van der Waals surface area contributed by atoms with Gasteiger partial charge < -0.3 is 15.0 Å². The van der Waals surface area contributed by atoms with Crippen LogP contribution in [0.4, 0.5) is 0 Å². The van der Waals surface area contributed by atoms with Crippen LogP contribution in [0.15, 0.2) is 28.8 Å². The van der Waals surface area contributed by atoms with Gasteiger partial charge in [-0.25, -0.2) is 0 Å². The molecule has 1 aliphatic rings. The van der Waals surface area contributed by atoms with E-state index in [0.29, 0.717) is 24.3 Å². The zero-order valence-corrected chi connectivity index (χ0v) is 13.4. The SMILES string of the molecule is COc1ccc(CN(Cc2noc(CN)n2)C2CC2)cc1.Cl. The van der Waals surface area contributed by atoms with Crippen LogP contribution >= 0.6 is 12.4 Å². The molecule has 1 saturated carbocycles. The van der Waals surface area contributed by atoms with Gasteiger partial charge in [-0.2, -0.15) is 4.98 Å². The quantitative estimate of drug-likeness (QED) is 0.840. The lowest BCUT2D eigenvalue weighted by atomic mass is 10.2. The molecule has 1 fully saturated rings. The van der Waals surface area contributed by atoms with Crippen molar-refractivity contribution in [2.45, 2.75) is 38.5 Å². The predicted octanol–water partition coefficient (Wildman–Crippen LogP) is 2.12. The second kappa shape index (κ2) is 7.58. The standard InChI is InChI=1S/C15H20N4O2.ClH/c1-20-13-6-2-11(3-7-13)9-19(12-4-5-12)10-14-17-15(8-16)21-18-14;/h2-3,6-7,12H,4-5,8-10,16H2,1H3;1H. The van der Waals surface area contributed by atoms with Gasteiger partial charge >= 0.3 is 0 Å². The molecule has 120 valence electrons. The van der Waals surface area contributed by atoms with E-state index in [2.05, 4.69) is 27.2 Å². The fraction of sp³-hybridized carbons (Fsp3) is 0.467. The van der Waals surface area contributed by atoms with Gasteiger partial charge in [0.2, 0.25) is 5.89 Å². The summed E-state index contributed by atoms with van der Waals surface area (Å²) in [6.07, 6.45) is 2.47. The van der Waals surface area contributed by atoms with Gasteiger partial charge in [-0.15, -0.1) is 12.4 Å². The van der Waals surface area contributed by atoms with Gasteiger partial charge in [-0.1, -0.05) is 17.3 Å². The first-order valence-electron chi connectivity index (χ1n) is 7.17. The van der Waals surface area contributed by atoms with Crippen molar-refractivity contribution < 1.29 is 9.26 Å². The van der Waals surface area contributed by atoms with Crippen molar-refractivity contribution >= 4 is 12.4 Å². The largest absolute Gasteiger partial charge is 0.497 e. The normalized spacial score (nSPS) is 14.0. The molecule has 0 spiro atoms. The van der Waals surface area contributed by atoms with Crippen molar-refractivity contribution in [3.05, 3.63) is 41.5 Å². The first kappa shape index (κ1) is 16.7. The number of ether oxygens (including phenoxy) is 1. The number of benzene rings is 1. The number of aromatic nitrogens is 2. The molecule has 7 heteroatoms. The molecule has 1 aromatic carbocycles. The molecule has 3 rings (SSSR count). The third-order valence-corrected chi connectivity index (χ3v) is 3.64. The molecule has 1 heterocycles. The first-order chi connectivity index (χ1) is 10.3. The van der Waals surface area contributed by atoms with E-state index in [0.717, 1.165) is 12.3 Å². The number of rotatable bonds is 7. The molecule has 0 saturated heterocycles. The summed E-state index contributed by atoms with van der Waals surface area (Å²) in [7, 11) is 1.68. The summed E-state index contributed by atoms with van der Waals surface area (Å²) in [6.45, 7) is 1.86. The smallest absolute Gasteiger partial charge is 0.240 e. The van der Waals surface area contributed by atoms with Gasteiger partial charge in [-0.3, -0.25) is 4.90 Å². The molecule has 2 aromatic rings. The number of hydrogen-bond acceptors (Lipinski definition) is 6. The molecule has 0 atom stereocenters. The zero-order chi connectivity index (χ0) is 14.7. The molecule has 6 nitrogen and oxygen atoms in total. The lowest BCUT2D eigenvalue weighted by molar-refractivity contribution is 0.235. The number of methoxy groups -OCH3 is 1. The minimum absolute atomic E-state index is 0. The molecule has 0 aliphatic heterocycles. The summed E-state index contributed by atoms with van der Waals surface area (Å²) >= 11 is 0. The monoisotopic (exact) mass is 324 g/mol. The van der Waals surface area contributed by atoms with Crippen molar-refractivity contribution in [3.8, 4) is 5.75 Å². The second-order valence-corrected chi connectivity index (χ2v) is 5.29. The van der Waals surface area contributed by atoms with E-state index >= 15 is 0 Å². The lowest BCUT2D eigenvalue weighted by Gasteiger charge is -2.20. The fourth-order valence-electron chi connectivity index (χ4n) is 2.34. The Labute approximate surface area is 136 Å². The van der Waals surface area contributed by atoms with E-state index in [-0.39, 0.29) is 19.0 Å². The van der Waals surface area contributed by atoms with Gasteiger partial charge in [0.05, 0.1) is 20.2 Å². The molecule has 0 amide bonds. The van der Waals surface area contributed by atoms with Crippen molar-refractivity contribution in [1.82, 2.24) is 15.0 Å². The Morgan fingerprint density at radius 3 is 2.55 bits per heavy atom. The van der Waals surface area contributed by atoms with E-state index in [1.165, 1.54) is 18.4 Å². The number of nitrogens with two attached hydrogens (primary N) is 1. The van der Waals surface area contributed by atoms with Gasteiger partial charge in [0.25, 0.3) is 0 Å². The van der Waals surface area contributed by atoms with Gasteiger partial charge in [0.15, 0.2) is 5.82 Å². The first-order valence-corrected chi connectivity index (χ1v) is 7.17. The third kappa shape index (κ3) is 4.19. The Bertz CT molecular complexity index is 583. The van der Waals surface area contributed by atoms with E-state index in [9.17, 15) is 0 Å². The summed E-state index contributed by atoms with van der Waals surface area (Å²) < 4.78 is 10.3. The molecular formula is C15H21ClN4O2. The maximum atomic E-state index is 5.50. The zero-order valence-electron chi connectivity index (χ0n) is 12.6. The Balaban J connectivity index is 0.00000176. The Morgan fingerprint density at radius 1 is 1.27 bits per heavy atom. The van der Waals surface area contributed by atoms with E-state index in [4.69, 9.17) is 15.0 Å². The van der Waals surface area contributed by atoms with E-state index < -0.39 is 0 Å². The molecule has 0 bridgehead atoms. The van der Waals surface area contributed by atoms with Crippen molar-refractivity contribution in [2.24, 2.45) is 5.73 Å². The summed E-state index contributed by atoms with van der Waals surface area (Å²) in [5.41, 5.74) is 6.75. The van der Waals surface area contributed by atoms with Crippen LogP contribution in [0, 0.1) is 0 Å². The van der Waals surface area contributed by atoms with Crippen LogP contribution in [0.1, 0.15) is 30.1 Å². The highest BCUT2D eigenvalue weighted by molar-refractivity contribution is 5.85. The minimum atomic E-state index is 0. The van der Waals surface area contributed by atoms with Gasteiger partial charge in [-0.05, 0) is 30.5 Å².